The fraction of sp³-hybridized carbons (Fsp3) is 0.917. The highest BCUT2D eigenvalue weighted by Gasteiger charge is 2.30. The van der Waals surface area contributed by atoms with Crippen molar-refractivity contribution in [2.75, 3.05) is 6.54 Å². The molecule has 0 aliphatic heterocycles. The number of hydrogen-bond donors (Lipinski definition) is 2. The minimum absolute atomic E-state index is 0.599. The molecule has 3 nitrogen and oxygen atoms in total. The summed E-state index contributed by atoms with van der Waals surface area (Å²) in [5.41, 5.74) is -0.599. The van der Waals surface area contributed by atoms with Crippen LogP contribution in [0.3, 0.4) is 0 Å². The number of rotatable bonds is 6. The van der Waals surface area contributed by atoms with Gasteiger partial charge in [-0.25, -0.2) is 0 Å². The first-order chi connectivity index (χ1) is 6.97. The quantitative estimate of drug-likeness (QED) is 0.711. The number of carboxylic acids is 1. The highest BCUT2D eigenvalue weighted by Crippen LogP contribution is 2.30. The van der Waals surface area contributed by atoms with Crippen LogP contribution in [0.2, 0.25) is 0 Å². The summed E-state index contributed by atoms with van der Waals surface area (Å²) in [6.45, 7) is 6.62. The summed E-state index contributed by atoms with van der Waals surface area (Å²) in [5.74, 6) is 0.114. The van der Waals surface area contributed by atoms with Gasteiger partial charge in [0.25, 0.3) is 0 Å². The molecule has 1 fully saturated rings. The molecule has 1 aliphatic carbocycles. The Balaban J connectivity index is 2.19. The molecule has 0 aromatic rings. The number of carboxylic acid groups (broad SMARTS) is 1. The molecular weight excluding hydrogens is 190 g/mol. The Morgan fingerprint density at radius 2 is 2.13 bits per heavy atom. The zero-order valence-corrected chi connectivity index (χ0v) is 10.0. The maximum atomic E-state index is 10.9. The molecule has 15 heavy (non-hydrogen) atoms. The third-order valence-corrected chi connectivity index (χ3v) is 3.68. The van der Waals surface area contributed by atoms with Crippen LogP contribution in [0.1, 0.15) is 46.5 Å². The second-order valence-corrected chi connectivity index (χ2v) is 5.25. The lowest BCUT2D eigenvalue weighted by Crippen LogP contribution is -2.45. The van der Waals surface area contributed by atoms with Crippen LogP contribution in [0.15, 0.2) is 0 Å². The van der Waals surface area contributed by atoms with Gasteiger partial charge in [-0.05, 0) is 45.6 Å². The van der Waals surface area contributed by atoms with Crippen LogP contribution in [-0.2, 0) is 4.79 Å². The third kappa shape index (κ3) is 3.20. The van der Waals surface area contributed by atoms with Crippen LogP contribution in [0, 0.1) is 11.3 Å². The summed E-state index contributed by atoms with van der Waals surface area (Å²) in [4.78, 5) is 10.9. The number of hydrogen-bond acceptors (Lipinski definition) is 2. The minimum atomic E-state index is -0.704. The summed E-state index contributed by atoms with van der Waals surface area (Å²) in [6, 6.07) is 0.639. The molecule has 2 unspecified atom stereocenters. The van der Waals surface area contributed by atoms with Gasteiger partial charge in [0, 0.05) is 6.04 Å². The summed E-state index contributed by atoms with van der Waals surface area (Å²) in [7, 11) is 0. The maximum absolute atomic E-state index is 10.9. The Labute approximate surface area is 92.3 Å². The smallest absolute Gasteiger partial charge is 0.309 e. The first-order valence-electron chi connectivity index (χ1n) is 5.94. The SMILES string of the molecule is CCC1CCC1NCCC(C)(C)C(=O)O. The second-order valence-electron chi connectivity index (χ2n) is 5.25. The van der Waals surface area contributed by atoms with Gasteiger partial charge in [0.15, 0.2) is 0 Å². The molecule has 0 saturated heterocycles. The predicted octanol–water partition coefficient (Wildman–Crippen LogP) is 2.27. The van der Waals surface area contributed by atoms with E-state index in [-0.39, 0.29) is 0 Å². The Hall–Kier alpha value is -0.570. The molecule has 1 saturated carbocycles. The Kier molecular flexibility index (Phi) is 4.14. The molecule has 0 bridgehead atoms. The summed E-state index contributed by atoms with van der Waals surface area (Å²) >= 11 is 0. The Morgan fingerprint density at radius 1 is 1.47 bits per heavy atom. The van der Waals surface area contributed by atoms with E-state index in [4.69, 9.17) is 5.11 Å². The average Bonchev–Trinajstić information content (AvgIpc) is 2.11. The lowest BCUT2D eigenvalue weighted by atomic mass is 9.77. The van der Waals surface area contributed by atoms with Gasteiger partial charge in [-0.15, -0.1) is 0 Å². The topological polar surface area (TPSA) is 49.3 Å². The van der Waals surface area contributed by atoms with Gasteiger partial charge in [0.2, 0.25) is 0 Å². The van der Waals surface area contributed by atoms with Crippen LogP contribution in [0.5, 0.6) is 0 Å². The van der Waals surface area contributed by atoms with Crippen molar-refractivity contribution in [3.05, 3.63) is 0 Å². The molecule has 0 aromatic heterocycles. The van der Waals surface area contributed by atoms with E-state index in [0.717, 1.165) is 12.5 Å². The van der Waals surface area contributed by atoms with Gasteiger partial charge >= 0.3 is 5.97 Å². The number of carbonyl (C=O) groups is 1. The van der Waals surface area contributed by atoms with Gasteiger partial charge < -0.3 is 10.4 Å². The van der Waals surface area contributed by atoms with E-state index in [9.17, 15) is 4.79 Å². The lowest BCUT2D eigenvalue weighted by molar-refractivity contribution is -0.147. The molecule has 0 radical (unpaired) electrons. The zero-order chi connectivity index (χ0) is 11.5. The van der Waals surface area contributed by atoms with E-state index in [1.807, 2.05) is 0 Å². The van der Waals surface area contributed by atoms with E-state index < -0.39 is 11.4 Å². The molecule has 0 amide bonds. The molecule has 88 valence electrons. The molecular formula is C12H23NO2. The van der Waals surface area contributed by atoms with Crippen molar-refractivity contribution >= 4 is 5.97 Å². The van der Waals surface area contributed by atoms with Crippen molar-refractivity contribution < 1.29 is 9.90 Å². The summed E-state index contributed by atoms with van der Waals surface area (Å²) in [6.07, 6.45) is 4.53. The van der Waals surface area contributed by atoms with Gasteiger partial charge in [-0.1, -0.05) is 13.3 Å². The fourth-order valence-electron chi connectivity index (χ4n) is 2.00. The van der Waals surface area contributed by atoms with E-state index >= 15 is 0 Å². The first kappa shape index (κ1) is 12.5. The molecule has 1 aliphatic rings. The van der Waals surface area contributed by atoms with Crippen LogP contribution in [-0.4, -0.2) is 23.7 Å². The molecule has 0 spiro atoms. The van der Waals surface area contributed by atoms with Crippen LogP contribution < -0.4 is 5.32 Å². The molecule has 2 atom stereocenters. The second kappa shape index (κ2) is 4.97. The van der Waals surface area contributed by atoms with Crippen molar-refractivity contribution in [1.82, 2.24) is 5.32 Å². The van der Waals surface area contributed by atoms with Crippen LogP contribution in [0.4, 0.5) is 0 Å². The van der Waals surface area contributed by atoms with Gasteiger partial charge in [-0.3, -0.25) is 4.79 Å². The molecule has 0 heterocycles. The molecule has 0 aromatic carbocycles. The molecule has 2 N–H and O–H groups in total. The number of aliphatic carboxylic acids is 1. The van der Waals surface area contributed by atoms with Crippen molar-refractivity contribution in [2.45, 2.75) is 52.5 Å². The summed E-state index contributed by atoms with van der Waals surface area (Å²) < 4.78 is 0. The van der Waals surface area contributed by atoms with Crippen molar-refractivity contribution in [3.63, 3.8) is 0 Å². The van der Waals surface area contributed by atoms with E-state index in [1.54, 1.807) is 13.8 Å². The zero-order valence-electron chi connectivity index (χ0n) is 10.0. The Morgan fingerprint density at radius 3 is 2.53 bits per heavy atom. The normalized spacial score (nSPS) is 26.1. The van der Waals surface area contributed by atoms with Crippen molar-refractivity contribution in [2.24, 2.45) is 11.3 Å². The Bertz CT molecular complexity index is 224. The summed E-state index contributed by atoms with van der Waals surface area (Å²) in [5, 5.41) is 12.4. The van der Waals surface area contributed by atoms with Crippen LogP contribution >= 0.6 is 0 Å². The largest absolute Gasteiger partial charge is 0.481 e. The fourth-order valence-corrected chi connectivity index (χ4v) is 2.00. The highest BCUT2D eigenvalue weighted by atomic mass is 16.4. The van der Waals surface area contributed by atoms with Gasteiger partial charge in [0.05, 0.1) is 5.41 Å². The first-order valence-corrected chi connectivity index (χ1v) is 5.94. The molecule has 1 rings (SSSR count). The van der Waals surface area contributed by atoms with Crippen molar-refractivity contribution in [1.29, 1.82) is 0 Å². The van der Waals surface area contributed by atoms with Gasteiger partial charge in [0.1, 0.15) is 0 Å². The van der Waals surface area contributed by atoms with E-state index in [2.05, 4.69) is 12.2 Å². The maximum Gasteiger partial charge on any atom is 0.309 e. The monoisotopic (exact) mass is 213 g/mol. The minimum Gasteiger partial charge on any atom is -0.481 e. The lowest BCUT2D eigenvalue weighted by Gasteiger charge is -2.37. The predicted molar refractivity (Wildman–Crippen MR) is 60.8 cm³/mol. The van der Waals surface area contributed by atoms with Crippen molar-refractivity contribution in [3.8, 4) is 0 Å². The van der Waals surface area contributed by atoms with E-state index in [0.29, 0.717) is 12.5 Å². The highest BCUT2D eigenvalue weighted by molar-refractivity contribution is 5.73. The van der Waals surface area contributed by atoms with E-state index in [1.165, 1.54) is 19.3 Å². The molecule has 3 heteroatoms. The van der Waals surface area contributed by atoms with Gasteiger partial charge in [-0.2, -0.15) is 0 Å². The van der Waals surface area contributed by atoms with Crippen LogP contribution in [0.25, 0.3) is 0 Å². The average molecular weight is 213 g/mol. The third-order valence-electron chi connectivity index (χ3n) is 3.68. The number of nitrogens with one attached hydrogen (secondary N) is 1. The standard InChI is InChI=1S/C12H23NO2/c1-4-9-5-6-10(9)13-8-7-12(2,3)11(14)15/h9-10,13H,4-8H2,1-3H3,(H,14,15).